The lowest BCUT2D eigenvalue weighted by atomic mass is 10.0. The first-order valence-electron chi connectivity index (χ1n) is 10.9. The van der Waals surface area contributed by atoms with E-state index in [1.807, 2.05) is 24.3 Å². The molecular formula is C27H22Cl2N2O4. The number of rotatable bonds is 6. The Balaban J connectivity index is 1.51. The summed E-state index contributed by atoms with van der Waals surface area (Å²) >= 11 is 12.1. The van der Waals surface area contributed by atoms with Gasteiger partial charge in [0.25, 0.3) is 11.8 Å². The minimum Gasteiger partial charge on any atom is -0.489 e. The molecule has 1 heterocycles. The zero-order valence-electron chi connectivity index (χ0n) is 19.0. The fraction of sp³-hybridized carbons (Fsp3) is 0.148. The molecule has 1 aliphatic heterocycles. The van der Waals surface area contributed by atoms with E-state index >= 15 is 0 Å². The van der Waals surface area contributed by atoms with Crippen LogP contribution in [0.5, 0.6) is 5.75 Å². The molecule has 1 saturated heterocycles. The predicted molar refractivity (Wildman–Crippen MR) is 137 cm³/mol. The average Bonchev–Trinajstić information content (AvgIpc) is 2.82. The van der Waals surface area contributed by atoms with Gasteiger partial charge in [-0.1, -0.05) is 67.4 Å². The number of carbonyl (C=O) groups is 3. The van der Waals surface area contributed by atoms with Gasteiger partial charge in [0.15, 0.2) is 0 Å². The van der Waals surface area contributed by atoms with Crippen LogP contribution < -0.4 is 15.0 Å². The van der Waals surface area contributed by atoms with Gasteiger partial charge in [0.05, 0.1) is 5.69 Å². The van der Waals surface area contributed by atoms with Crippen LogP contribution in [0.3, 0.4) is 0 Å². The van der Waals surface area contributed by atoms with Gasteiger partial charge in [-0.05, 0) is 59.5 Å². The number of benzene rings is 3. The number of carbonyl (C=O) groups excluding carboxylic acids is 3. The summed E-state index contributed by atoms with van der Waals surface area (Å²) in [7, 11) is 0. The van der Waals surface area contributed by atoms with Crippen molar-refractivity contribution in [1.82, 2.24) is 5.32 Å². The molecular weight excluding hydrogens is 487 g/mol. The molecule has 178 valence electrons. The number of ether oxygens (including phenoxy) is 1. The van der Waals surface area contributed by atoms with Crippen molar-refractivity contribution in [3.05, 3.63) is 99.0 Å². The number of nitrogens with one attached hydrogen (secondary N) is 1. The van der Waals surface area contributed by atoms with Crippen LogP contribution in [0, 0.1) is 0 Å². The Hall–Kier alpha value is -3.61. The summed E-state index contributed by atoms with van der Waals surface area (Å²) in [5, 5.41) is 3.26. The number of hydrogen-bond acceptors (Lipinski definition) is 4. The first-order valence-corrected chi connectivity index (χ1v) is 11.7. The van der Waals surface area contributed by atoms with E-state index in [1.54, 1.807) is 42.5 Å². The predicted octanol–water partition coefficient (Wildman–Crippen LogP) is 6.36. The number of hydrogen-bond donors (Lipinski definition) is 1. The molecule has 4 rings (SSSR count). The Kier molecular flexibility index (Phi) is 7.24. The van der Waals surface area contributed by atoms with Gasteiger partial charge in [-0.15, -0.1) is 0 Å². The Morgan fingerprint density at radius 2 is 1.63 bits per heavy atom. The Morgan fingerprint density at radius 3 is 2.26 bits per heavy atom. The Bertz CT molecular complexity index is 1320. The van der Waals surface area contributed by atoms with Crippen LogP contribution in [0.25, 0.3) is 6.08 Å². The molecule has 6 nitrogen and oxygen atoms in total. The van der Waals surface area contributed by atoms with Crippen LogP contribution in [0.2, 0.25) is 10.0 Å². The van der Waals surface area contributed by atoms with Gasteiger partial charge >= 0.3 is 6.03 Å². The summed E-state index contributed by atoms with van der Waals surface area (Å²) in [4.78, 5) is 38.9. The summed E-state index contributed by atoms with van der Waals surface area (Å²) in [6.07, 6.45) is 1.48. The Labute approximate surface area is 213 Å². The van der Waals surface area contributed by atoms with Crippen molar-refractivity contribution < 1.29 is 19.1 Å². The van der Waals surface area contributed by atoms with Gasteiger partial charge in [-0.3, -0.25) is 14.9 Å². The molecule has 0 aliphatic carbocycles. The van der Waals surface area contributed by atoms with Crippen LogP contribution in [0.1, 0.15) is 36.5 Å². The van der Waals surface area contributed by atoms with Crippen LogP contribution in [0.15, 0.2) is 72.3 Å². The number of urea groups is 1. The maximum Gasteiger partial charge on any atom is 0.335 e. The lowest BCUT2D eigenvalue weighted by Crippen LogP contribution is -2.54. The highest BCUT2D eigenvalue weighted by Gasteiger charge is 2.36. The normalized spacial score (nSPS) is 15.1. The van der Waals surface area contributed by atoms with Gasteiger partial charge in [-0.25, -0.2) is 9.69 Å². The van der Waals surface area contributed by atoms with Crippen molar-refractivity contribution >= 4 is 52.8 Å². The summed E-state index contributed by atoms with van der Waals surface area (Å²) in [6.45, 7) is 4.38. The zero-order valence-corrected chi connectivity index (χ0v) is 20.6. The van der Waals surface area contributed by atoms with E-state index in [0.717, 1.165) is 16.0 Å². The van der Waals surface area contributed by atoms with Gasteiger partial charge in [0, 0.05) is 15.6 Å². The second kappa shape index (κ2) is 10.3. The zero-order chi connectivity index (χ0) is 25.1. The molecule has 3 aromatic carbocycles. The van der Waals surface area contributed by atoms with Crippen LogP contribution in [-0.2, 0) is 16.2 Å². The first kappa shape index (κ1) is 24.5. The molecule has 3 aromatic rings. The maximum absolute atomic E-state index is 13.1. The summed E-state index contributed by atoms with van der Waals surface area (Å²) in [5.41, 5.74) is 2.77. The molecule has 4 amide bonds. The van der Waals surface area contributed by atoms with Gasteiger partial charge in [0.2, 0.25) is 0 Å². The largest absolute Gasteiger partial charge is 0.489 e. The summed E-state index contributed by atoms with van der Waals surface area (Å²) < 4.78 is 5.76. The van der Waals surface area contributed by atoms with Gasteiger partial charge < -0.3 is 4.74 Å². The molecule has 0 atom stereocenters. The lowest BCUT2D eigenvalue weighted by molar-refractivity contribution is -0.122. The minimum atomic E-state index is -0.811. The topological polar surface area (TPSA) is 75.7 Å². The second-order valence-corrected chi connectivity index (χ2v) is 9.14. The smallest absolute Gasteiger partial charge is 0.335 e. The van der Waals surface area contributed by atoms with Gasteiger partial charge in [0.1, 0.15) is 17.9 Å². The minimum absolute atomic E-state index is 0.125. The highest BCUT2D eigenvalue weighted by Crippen LogP contribution is 2.26. The first-order chi connectivity index (χ1) is 16.7. The van der Waals surface area contributed by atoms with E-state index in [9.17, 15) is 14.4 Å². The molecule has 1 fully saturated rings. The maximum atomic E-state index is 13.1. The Morgan fingerprint density at radius 1 is 0.943 bits per heavy atom. The van der Waals surface area contributed by atoms with E-state index in [2.05, 4.69) is 19.2 Å². The monoisotopic (exact) mass is 508 g/mol. The fourth-order valence-corrected chi connectivity index (χ4v) is 3.99. The molecule has 1 aliphatic rings. The third kappa shape index (κ3) is 5.56. The highest BCUT2D eigenvalue weighted by molar-refractivity contribution is 6.39. The van der Waals surface area contributed by atoms with E-state index in [1.165, 1.54) is 6.08 Å². The van der Waals surface area contributed by atoms with Crippen molar-refractivity contribution in [2.75, 3.05) is 4.90 Å². The SMILES string of the molecule is CC(C)c1ccc(/C=C2\C(=O)NC(=O)N(c3ccc(OCc4ccc(Cl)cc4Cl)cc3)C2=O)cc1. The van der Waals surface area contributed by atoms with Crippen LogP contribution in [0.4, 0.5) is 10.5 Å². The summed E-state index contributed by atoms with van der Waals surface area (Å²) in [5.74, 6) is -0.557. The van der Waals surface area contributed by atoms with Crippen molar-refractivity contribution in [1.29, 1.82) is 0 Å². The third-order valence-electron chi connectivity index (χ3n) is 5.52. The van der Waals surface area contributed by atoms with Crippen LogP contribution >= 0.6 is 23.2 Å². The molecule has 0 spiro atoms. The number of anilines is 1. The van der Waals surface area contributed by atoms with E-state index in [0.29, 0.717) is 33.0 Å². The van der Waals surface area contributed by atoms with Crippen molar-refractivity contribution in [3.63, 3.8) is 0 Å². The van der Waals surface area contributed by atoms with Crippen LogP contribution in [-0.4, -0.2) is 17.8 Å². The molecule has 1 N–H and O–H groups in total. The molecule has 8 heteroatoms. The fourth-order valence-electron chi connectivity index (χ4n) is 3.53. The van der Waals surface area contributed by atoms with E-state index < -0.39 is 17.8 Å². The summed E-state index contributed by atoms with van der Waals surface area (Å²) in [6, 6.07) is 18.3. The molecule has 0 unspecified atom stereocenters. The molecule has 35 heavy (non-hydrogen) atoms. The number of nitrogens with zero attached hydrogens (tertiary/aromatic N) is 1. The quantitative estimate of drug-likeness (QED) is 0.310. The van der Waals surface area contributed by atoms with Crippen molar-refractivity contribution in [2.45, 2.75) is 26.4 Å². The van der Waals surface area contributed by atoms with Gasteiger partial charge in [-0.2, -0.15) is 0 Å². The van der Waals surface area contributed by atoms with E-state index in [-0.39, 0.29) is 12.2 Å². The number of imide groups is 2. The number of halogens is 2. The van der Waals surface area contributed by atoms with E-state index in [4.69, 9.17) is 27.9 Å². The standard InChI is InChI=1S/C27H22Cl2N2O4/c1-16(2)18-5-3-17(4-6-18)13-23-25(32)30-27(34)31(26(23)33)21-9-11-22(12-10-21)35-15-19-7-8-20(28)14-24(19)29/h3-14,16H,15H2,1-2H3,(H,30,32,34)/b23-13+. The second-order valence-electron chi connectivity index (χ2n) is 8.30. The van der Waals surface area contributed by atoms with Crippen molar-refractivity contribution in [2.24, 2.45) is 0 Å². The highest BCUT2D eigenvalue weighted by atomic mass is 35.5. The molecule has 0 radical (unpaired) electrons. The lowest BCUT2D eigenvalue weighted by Gasteiger charge is -2.26. The molecule has 0 aromatic heterocycles. The average molecular weight is 509 g/mol. The van der Waals surface area contributed by atoms with Crippen molar-refractivity contribution in [3.8, 4) is 5.75 Å². The molecule has 0 saturated carbocycles. The molecule has 0 bridgehead atoms. The third-order valence-corrected chi connectivity index (χ3v) is 6.11. The number of amides is 4. The number of barbiturate groups is 1.